The Kier molecular flexibility index (Phi) is 8.24. The van der Waals surface area contributed by atoms with Crippen molar-refractivity contribution in [3.8, 4) is 0 Å². The average Bonchev–Trinajstić information content (AvgIpc) is 3.16. The Hall–Kier alpha value is -2.21. The lowest BCUT2D eigenvalue weighted by Gasteiger charge is -2.35. The van der Waals surface area contributed by atoms with Crippen LogP contribution < -0.4 is 5.32 Å². The van der Waals surface area contributed by atoms with Crippen molar-refractivity contribution in [2.24, 2.45) is 5.92 Å². The number of rotatable bonds is 9. The number of aryl methyl sites for hydroxylation is 1. The van der Waals surface area contributed by atoms with Gasteiger partial charge in [0.15, 0.2) is 5.78 Å². The van der Waals surface area contributed by atoms with Gasteiger partial charge in [0, 0.05) is 6.04 Å². The number of Topliss-reactive ketones (excluding diaryl/α,β-unsaturated/α-hetero) is 1. The van der Waals surface area contributed by atoms with Crippen LogP contribution in [-0.4, -0.2) is 53.3 Å². The van der Waals surface area contributed by atoms with E-state index in [9.17, 15) is 14.4 Å². The number of nitrogens with one attached hydrogen (secondary N) is 1. The van der Waals surface area contributed by atoms with Crippen molar-refractivity contribution in [1.29, 1.82) is 0 Å². The SMILES string of the molecule is CCOC(=O)[C@H](CCc1ccccc1)N[C@@H](C)C(=O)N1[C@H](C(C)=O)C[C@H]2CCCC[C@@H]21. The zero-order chi connectivity index (χ0) is 22.4. The molecule has 1 amide bonds. The predicted molar refractivity (Wildman–Crippen MR) is 119 cm³/mol. The van der Waals surface area contributed by atoms with Crippen molar-refractivity contribution >= 4 is 17.7 Å². The van der Waals surface area contributed by atoms with Crippen LogP contribution in [0.4, 0.5) is 0 Å². The van der Waals surface area contributed by atoms with Gasteiger partial charge in [0.25, 0.3) is 0 Å². The van der Waals surface area contributed by atoms with Crippen molar-refractivity contribution in [1.82, 2.24) is 10.2 Å². The van der Waals surface area contributed by atoms with E-state index >= 15 is 0 Å². The number of ketones is 1. The molecule has 1 aromatic carbocycles. The molecule has 31 heavy (non-hydrogen) atoms. The highest BCUT2D eigenvalue weighted by atomic mass is 16.5. The third-order valence-electron chi connectivity index (χ3n) is 6.77. The fraction of sp³-hybridized carbons (Fsp3) is 0.640. The number of ether oxygens (including phenoxy) is 1. The zero-order valence-corrected chi connectivity index (χ0v) is 19.0. The summed E-state index contributed by atoms with van der Waals surface area (Å²) in [6, 6.07) is 8.65. The molecule has 2 fully saturated rings. The molecule has 1 saturated carbocycles. The summed E-state index contributed by atoms with van der Waals surface area (Å²) >= 11 is 0. The van der Waals surface area contributed by atoms with Crippen LogP contribution in [0.15, 0.2) is 30.3 Å². The van der Waals surface area contributed by atoms with Gasteiger partial charge >= 0.3 is 5.97 Å². The van der Waals surface area contributed by atoms with Gasteiger partial charge in [0.1, 0.15) is 6.04 Å². The second kappa shape index (κ2) is 10.9. The molecule has 5 atom stereocenters. The number of amides is 1. The van der Waals surface area contributed by atoms with Crippen LogP contribution >= 0.6 is 0 Å². The van der Waals surface area contributed by atoms with Gasteiger partial charge in [0.05, 0.1) is 18.7 Å². The van der Waals surface area contributed by atoms with Crippen molar-refractivity contribution in [2.75, 3.05) is 6.61 Å². The number of likely N-dealkylation sites (tertiary alicyclic amines) is 1. The first-order chi connectivity index (χ1) is 14.9. The smallest absolute Gasteiger partial charge is 0.323 e. The largest absolute Gasteiger partial charge is 0.465 e. The molecule has 1 saturated heterocycles. The Bertz CT molecular complexity index is 766. The predicted octanol–water partition coefficient (Wildman–Crippen LogP) is 3.28. The first kappa shape index (κ1) is 23.5. The zero-order valence-electron chi connectivity index (χ0n) is 19.0. The maximum Gasteiger partial charge on any atom is 0.323 e. The number of nitrogens with zero attached hydrogens (tertiary/aromatic N) is 1. The summed E-state index contributed by atoms with van der Waals surface area (Å²) in [7, 11) is 0. The number of hydrogen-bond donors (Lipinski definition) is 1. The molecule has 1 aliphatic carbocycles. The van der Waals surface area contributed by atoms with Crippen LogP contribution in [0.2, 0.25) is 0 Å². The number of benzene rings is 1. The van der Waals surface area contributed by atoms with E-state index in [2.05, 4.69) is 5.32 Å². The van der Waals surface area contributed by atoms with E-state index in [4.69, 9.17) is 4.74 Å². The highest BCUT2D eigenvalue weighted by molar-refractivity contribution is 5.91. The Morgan fingerprint density at radius 1 is 1.16 bits per heavy atom. The van der Waals surface area contributed by atoms with E-state index in [0.29, 0.717) is 25.4 Å². The van der Waals surface area contributed by atoms with Gasteiger partial charge in [-0.05, 0) is 64.4 Å². The first-order valence-electron chi connectivity index (χ1n) is 11.7. The van der Waals surface area contributed by atoms with E-state index < -0.39 is 12.1 Å². The standard InChI is InChI=1S/C25H36N2O4/c1-4-31-25(30)21(15-14-19-10-6-5-7-11-19)26-17(2)24(29)27-22-13-9-8-12-20(22)16-23(27)18(3)28/h5-7,10-11,17,20-23,26H,4,8-9,12-16H2,1-3H3/t17-,20+,21-,22-,23-/m0/s1. The van der Waals surface area contributed by atoms with Gasteiger partial charge < -0.3 is 9.64 Å². The van der Waals surface area contributed by atoms with E-state index in [-0.39, 0.29) is 29.7 Å². The molecular weight excluding hydrogens is 392 g/mol. The summed E-state index contributed by atoms with van der Waals surface area (Å²) in [5.74, 6) is 0.0560. The van der Waals surface area contributed by atoms with Crippen molar-refractivity contribution in [3.63, 3.8) is 0 Å². The van der Waals surface area contributed by atoms with Crippen molar-refractivity contribution in [3.05, 3.63) is 35.9 Å². The number of hydrogen-bond acceptors (Lipinski definition) is 5. The monoisotopic (exact) mass is 428 g/mol. The van der Waals surface area contributed by atoms with Gasteiger partial charge in [-0.25, -0.2) is 0 Å². The Morgan fingerprint density at radius 3 is 2.55 bits per heavy atom. The molecule has 3 rings (SSSR count). The maximum atomic E-state index is 13.5. The molecule has 6 heteroatoms. The fourth-order valence-corrected chi connectivity index (χ4v) is 5.20. The topological polar surface area (TPSA) is 75.7 Å². The van der Waals surface area contributed by atoms with Gasteiger partial charge in [-0.3, -0.25) is 19.7 Å². The van der Waals surface area contributed by atoms with E-state index in [0.717, 1.165) is 31.2 Å². The number of esters is 1. The average molecular weight is 429 g/mol. The van der Waals surface area contributed by atoms with Crippen LogP contribution in [0.5, 0.6) is 0 Å². The maximum absolute atomic E-state index is 13.5. The van der Waals surface area contributed by atoms with E-state index in [1.807, 2.05) is 35.2 Å². The molecule has 6 nitrogen and oxygen atoms in total. The van der Waals surface area contributed by atoms with Crippen LogP contribution in [-0.2, 0) is 25.5 Å². The number of fused-ring (bicyclic) bond motifs is 1. The summed E-state index contributed by atoms with van der Waals surface area (Å²) in [6.07, 6.45) is 6.34. The quantitative estimate of drug-likeness (QED) is 0.611. The minimum Gasteiger partial charge on any atom is -0.465 e. The van der Waals surface area contributed by atoms with Gasteiger partial charge in [0.2, 0.25) is 5.91 Å². The molecular formula is C25H36N2O4. The number of carbonyl (C=O) groups is 3. The Labute approximate surface area is 185 Å². The van der Waals surface area contributed by atoms with Gasteiger partial charge in [-0.1, -0.05) is 43.2 Å². The van der Waals surface area contributed by atoms with Crippen molar-refractivity contribution < 1.29 is 19.1 Å². The lowest BCUT2D eigenvalue weighted by atomic mass is 9.84. The minimum absolute atomic E-state index is 0.0565. The molecule has 1 N–H and O–H groups in total. The molecule has 0 spiro atoms. The molecule has 0 radical (unpaired) electrons. The Morgan fingerprint density at radius 2 is 1.87 bits per heavy atom. The minimum atomic E-state index is -0.570. The third kappa shape index (κ3) is 5.73. The lowest BCUT2D eigenvalue weighted by molar-refractivity contribution is -0.147. The summed E-state index contributed by atoms with van der Waals surface area (Å²) < 4.78 is 5.26. The van der Waals surface area contributed by atoms with Crippen LogP contribution in [0.1, 0.15) is 64.9 Å². The molecule has 2 aliphatic rings. The Balaban J connectivity index is 1.70. The lowest BCUT2D eigenvalue weighted by Crippen LogP contribution is -2.55. The molecule has 1 heterocycles. The molecule has 0 aromatic heterocycles. The van der Waals surface area contributed by atoms with E-state index in [1.165, 1.54) is 6.42 Å². The molecule has 1 aromatic rings. The summed E-state index contributed by atoms with van der Waals surface area (Å²) in [5, 5.41) is 3.23. The van der Waals surface area contributed by atoms with E-state index in [1.54, 1.807) is 20.8 Å². The second-order valence-electron chi connectivity index (χ2n) is 8.94. The molecule has 0 unspecified atom stereocenters. The summed E-state index contributed by atoms with van der Waals surface area (Å²) in [4.78, 5) is 40.2. The van der Waals surface area contributed by atoms with Crippen LogP contribution in [0.3, 0.4) is 0 Å². The molecule has 170 valence electrons. The number of carbonyl (C=O) groups excluding carboxylic acids is 3. The normalized spacial score (nSPS) is 24.9. The van der Waals surface area contributed by atoms with Crippen LogP contribution in [0.25, 0.3) is 0 Å². The van der Waals surface area contributed by atoms with Crippen LogP contribution in [0, 0.1) is 5.92 Å². The highest BCUT2D eigenvalue weighted by Gasteiger charge is 2.47. The fourth-order valence-electron chi connectivity index (χ4n) is 5.20. The summed E-state index contributed by atoms with van der Waals surface area (Å²) in [5.41, 5.74) is 1.14. The summed E-state index contributed by atoms with van der Waals surface area (Å²) in [6.45, 7) is 5.46. The highest BCUT2D eigenvalue weighted by Crippen LogP contribution is 2.40. The van der Waals surface area contributed by atoms with Crippen molar-refractivity contribution in [2.45, 2.75) is 89.9 Å². The van der Waals surface area contributed by atoms with Gasteiger partial charge in [-0.2, -0.15) is 0 Å². The first-order valence-corrected chi connectivity index (χ1v) is 11.7. The second-order valence-corrected chi connectivity index (χ2v) is 8.94. The molecule has 0 bridgehead atoms. The van der Waals surface area contributed by atoms with Gasteiger partial charge in [-0.15, -0.1) is 0 Å². The molecule has 1 aliphatic heterocycles. The third-order valence-corrected chi connectivity index (χ3v) is 6.77.